The summed E-state index contributed by atoms with van der Waals surface area (Å²) in [5.41, 5.74) is 4.39. The fourth-order valence-corrected chi connectivity index (χ4v) is 3.95. The summed E-state index contributed by atoms with van der Waals surface area (Å²) in [4.78, 5) is 2.55. The molecule has 1 aliphatic carbocycles. The Morgan fingerprint density at radius 3 is 2.37 bits per heavy atom. The molecule has 0 atom stereocenters. The Bertz CT molecular complexity index is 493. The zero-order valence-corrected chi connectivity index (χ0v) is 11.9. The average molecular weight is 253 g/mol. The van der Waals surface area contributed by atoms with Crippen LogP contribution >= 0.6 is 0 Å². The molecule has 0 radical (unpaired) electrons. The zero-order valence-electron chi connectivity index (χ0n) is 11.9. The lowest BCUT2D eigenvalue weighted by atomic mass is 9.77. The summed E-state index contributed by atoms with van der Waals surface area (Å²) < 4.78 is 0. The van der Waals surface area contributed by atoms with Crippen LogP contribution in [0.2, 0.25) is 0 Å². The van der Waals surface area contributed by atoms with E-state index in [0.717, 1.165) is 5.56 Å². The molecule has 1 spiro atoms. The Morgan fingerprint density at radius 2 is 1.79 bits per heavy atom. The van der Waals surface area contributed by atoms with Gasteiger partial charge in [-0.3, -0.25) is 0 Å². The van der Waals surface area contributed by atoms with Crippen LogP contribution in [0.4, 0.5) is 5.69 Å². The first-order valence-electron chi connectivity index (χ1n) is 7.55. The molecule has 0 bridgehead atoms. The summed E-state index contributed by atoms with van der Waals surface area (Å²) in [6.45, 7) is 4.61. The molecule has 0 aromatic heterocycles. The van der Waals surface area contributed by atoms with Gasteiger partial charge >= 0.3 is 0 Å². The van der Waals surface area contributed by atoms with E-state index >= 15 is 0 Å². The van der Waals surface area contributed by atoms with E-state index in [1.807, 2.05) is 0 Å². The highest BCUT2D eigenvalue weighted by Crippen LogP contribution is 2.46. The number of benzene rings is 1. The van der Waals surface area contributed by atoms with Gasteiger partial charge in [-0.25, -0.2) is 0 Å². The minimum Gasteiger partial charge on any atom is -0.371 e. The highest BCUT2D eigenvalue weighted by molar-refractivity contribution is 5.56. The molecule has 1 saturated heterocycles. The van der Waals surface area contributed by atoms with E-state index in [9.17, 15) is 0 Å². The Balaban J connectivity index is 1.73. The molecule has 100 valence electrons. The molecule has 1 heteroatoms. The van der Waals surface area contributed by atoms with Crippen molar-refractivity contribution in [2.45, 2.75) is 45.4 Å². The molecule has 1 saturated carbocycles. The largest absolute Gasteiger partial charge is 0.371 e. The first kappa shape index (κ1) is 12.6. The van der Waals surface area contributed by atoms with Crippen molar-refractivity contribution in [2.24, 2.45) is 5.41 Å². The van der Waals surface area contributed by atoms with Crippen LogP contribution < -0.4 is 4.90 Å². The van der Waals surface area contributed by atoms with Gasteiger partial charge in [-0.1, -0.05) is 18.8 Å². The Hall–Kier alpha value is -1.42. The number of hydrogen-bond acceptors (Lipinski definition) is 1. The SMILES string of the molecule is C#Cc1ccc(N2CCC3(CCCC3)CC2)c(C)c1. The van der Waals surface area contributed by atoms with E-state index in [1.165, 1.54) is 62.9 Å². The standard InChI is InChI=1S/C18H23N/c1-3-16-6-7-17(15(2)14-16)19-12-10-18(11-13-19)8-4-5-9-18/h1,6-7,14H,4-5,8-13H2,2H3. The molecule has 0 amide bonds. The predicted molar refractivity (Wildman–Crippen MR) is 81.5 cm³/mol. The zero-order chi connectivity index (χ0) is 13.3. The minimum atomic E-state index is 0.698. The third-order valence-electron chi connectivity index (χ3n) is 5.19. The second kappa shape index (κ2) is 4.93. The number of anilines is 1. The van der Waals surface area contributed by atoms with Gasteiger partial charge in [-0.2, -0.15) is 0 Å². The van der Waals surface area contributed by atoms with Crippen molar-refractivity contribution in [3.63, 3.8) is 0 Å². The Labute approximate surface area is 117 Å². The Kier molecular flexibility index (Phi) is 3.27. The molecule has 1 aromatic carbocycles. The first-order chi connectivity index (χ1) is 9.22. The van der Waals surface area contributed by atoms with Gasteiger partial charge in [-0.05, 0) is 61.8 Å². The fourth-order valence-electron chi connectivity index (χ4n) is 3.95. The number of hydrogen-bond donors (Lipinski definition) is 0. The second-order valence-electron chi connectivity index (χ2n) is 6.34. The lowest BCUT2D eigenvalue weighted by Crippen LogP contribution is -2.39. The third-order valence-corrected chi connectivity index (χ3v) is 5.19. The summed E-state index contributed by atoms with van der Waals surface area (Å²) >= 11 is 0. The van der Waals surface area contributed by atoms with E-state index in [0.29, 0.717) is 5.41 Å². The van der Waals surface area contributed by atoms with Gasteiger partial charge in [0, 0.05) is 24.3 Å². The maximum Gasteiger partial charge on any atom is 0.0396 e. The van der Waals surface area contributed by atoms with Crippen LogP contribution in [0.15, 0.2) is 18.2 Å². The number of piperidine rings is 1. The predicted octanol–water partition coefficient (Wildman–Crippen LogP) is 4.14. The van der Waals surface area contributed by atoms with Crippen molar-refractivity contribution in [3.8, 4) is 12.3 Å². The molecule has 1 aliphatic heterocycles. The molecule has 19 heavy (non-hydrogen) atoms. The van der Waals surface area contributed by atoms with Gasteiger partial charge in [0.2, 0.25) is 0 Å². The van der Waals surface area contributed by atoms with Crippen LogP contribution in [0, 0.1) is 24.7 Å². The Morgan fingerprint density at radius 1 is 1.11 bits per heavy atom. The summed E-state index contributed by atoms with van der Waals surface area (Å²) in [6.07, 6.45) is 14.1. The average Bonchev–Trinajstić information content (AvgIpc) is 2.88. The molecule has 1 nitrogen and oxygen atoms in total. The summed E-state index contributed by atoms with van der Waals surface area (Å²) in [7, 11) is 0. The maximum absolute atomic E-state index is 5.46. The lowest BCUT2D eigenvalue weighted by Gasteiger charge is -2.41. The topological polar surface area (TPSA) is 3.24 Å². The number of terminal acetylenes is 1. The van der Waals surface area contributed by atoms with E-state index in [-0.39, 0.29) is 0 Å². The molecule has 2 aliphatic rings. The number of rotatable bonds is 1. The van der Waals surface area contributed by atoms with Gasteiger partial charge in [0.05, 0.1) is 0 Å². The summed E-state index contributed by atoms with van der Waals surface area (Å²) in [5.74, 6) is 2.72. The van der Waals surface area contributed by atoms with E-state index in [4.69, 9.17) is 6.42 Å². The van der Waals surface area contributed by atoms with Crippen LogP contribution in [-0.4, -0.2) is 13.1 Å². The molecular weight excluding hydrogens is 230 g/mol. The van der Waals surface area contributed by atoms with Crippen molar-refractivity contribution in [3.05, 3.63) is 29.3 Å². The molecule has 3 rings (SSSR count). The molecule has 2 fully saturated rings. The number of nitrogens with zero attached hydrogens (tertiary/aromatic N) is 1. The van der Waals surface area contributed by atoms with Gasteiger partial charge < -0.3 is 4.90 Å². The lowest BCUT2D eigenvalue weighted by molar-refractivity contribution is 0.226. The van der Waals surface area contributed by atoms with Gasteiger partial charge in [0.1, 0.15) is 0 Å². The van der Waals surface area contributed by atoms with Crippen molar-refractivity contribution >= 4 is 5.69 Å². The normalized spacial score (nSPS) is 21.6. The highest BCUT2D eigenvalue weighted by atomic mass is 15.1. The molecule has 1 heterocycles. The quantitative estimate of drug-likeness (QED) is 0.680. The molecular formula is C18H23N. The van der Waals surface area contributed by atoms with Crippen LogP contribution in [0.1, 0.15) is 49.7 Å². The third kappa shape index (κ3) is 2.37. The molecule has 1 aromatic rings. The smallest absolute Gasteiger partial charge is 0.0396 e. The van der Waals surface area contributed by atoms with Gasteiger partial charge in [0.15, 0.2) is 0 Å². The van der Waals surface area contributed by atoms with Crippen LogP contribution in [0.3, 0.4) is 0 Å². The van der Waals surface area contributed by atoms with Gasteiger partial charge in [-0.15, -0.1) is 6.42 Å². The first-order valence-corrected chi connectivity index (χ1v) is 7.55. The summed E-state index contributed by atoms with van der Waals surface area (Å²) in [6, 6.07) is 6.41. The minimum absolute atomic E-state index is 0.698. The van der Waals surface area contributed by atoms with Crippen LogP contribution in [0.5, 0.6) is 0 Å². The van der Waals surface area contributed by atoms with E-state index in [1.54, 1.807) is 0 Å². The second-order valence-corrected chi connectivity index (χ2v) is 6.34. The van der Waals surface area contributed by atoms with Crippen molar-refractivity contribution in [1.82, 2.24) is 0 Å². The maximum atomic E-state index is 5.46. The van der Waals surface area contributed by atoms with Crippen LogP contribution in [0.25, 0.3) is 0 Å². The molecule has 0 N–H and O–H groups in total. The van der Waals surface area contributed by atoms with Crippen LogP contribution in [-0.2, 0) is 0 Å². The van der Waals surface area contributed by atoms with Gasteiger partial charge in [0.25, 0.3) is 0 Å². The van der Waals surface area contributed by atoms with Crippen molar-refractivity contribution in [1.29, 1.82) is 0 Å². The number of aryl methyl sites for hydroxylation is 1. The summed E-state index contributed by atoms with van der Waals surface area (Å²) in [5, 5.41) is 0. The van der Waals surface area contributed by atoms with E-state index in [2.05, 4.69) is 35.9 Å². The van der Waals surface area contributed by atoms with E-state index < -0.39 is 0 Å². The van der Waals surface area contributed by atoms with Crippen molar-refractivity contribution < 1.29 is 0 Å². The van der Waals surface area contributed by atoms with Crippen molar-refractivity contribution in [2.75, 3.05) is 18.0 Å². The monoisotopic (exact) mass is 253 g/mol. The highest BCUT2D eigenvalue weighted by Gasteiger charge is 2.37. The fraction of sp³-hybridized carbons (Fsp3) is 0.556. The molecule has 0 unspecified atom stereocenters.